The number of amides is 2. The lowest BCUT2D eigenvalue weighted by Crippen LogP contribution is -2.44. The van der Waals surface area contributed by atoms with E-state index in [9.17, 15) is 14.4 Å². The summed E-state index contributed by atoms with van der Waals surface area (Å²) in [6.07, 6.45) is 1.48. The highest BCUT2D eigenvalue weighted by Crippen LogP contribution is 2.34. The highest BCUT2D eigenvalue weighted by atomic mass is 35.5. The van der Waals surface area contributed by atoms with E-state index in [1.807, 2.05) is 19.1 Å². The van der Waals surface area contributed by atoms with Crippen molar-refractivity contribution in [2.75, 3.05) is 13.2 Å². The van der Waals surface area contributed by atoms with Crippen molar-refractivity contribution in [2.45, 2.75) is 20.0 Å². The van der Waals surface area contributed by atoms with Crippen molar-refractivity contribution in [3.8, 4) is 17.2 Å². The molecule has 1 aliphatic rings. The lowest BCUT2D eigenvalue weighted by Gasteiger charge is -2.16. The molecule has 0 aliphatic carbocycles. The molecule has 0 bridgehead atoms. The summed E-state index contributed by atoms with van der Waals surface area (Å²) in [6, 6.07) is 18.9. The van der Waals surface area contributed by atoms with Crippen LogP contribution in [0.2, 0.25) is 5.02 Å². The van der Waals surface area contributed by atoms with E-state index in [4.69, 9.17) is 43.1 Å². The first-order valence-electron chi connectivity index (χ1n) is 12.4. The van der Waals surface area contributed by atoms with Crippen molar-refractivity contribution in [3.05, 3.63) is 93.3 Å². The Balaban J connectivity index is 1.38. The molecule has 1 fully saturated rings. The number of carbonyl (C=O) groups is 3. The van der Waals surface area contributed by atoms with Gasteiger partial charge in [-0.2, -0.15) is 5.01 Å². The molecule has 1 saturated heterocycles. The van der Waals surface area contributed by atoms with E-state index in [2.05, 4.69) is 5.43 Å². The SMILES string of the molecule is CCOc1cc(/C=C2/SC(=S)N(NC(=O)c3ccc(OCc4ccc(Cl)cc4)cc3)C2=O)ccc1OCCC(=O)O. The third-order valence-electron chi connectivity index (χ3n) is 5.58. The number of nitrogens with one attached hydrogen (secondary N) is 1. The molecule has 41 heavy (non-hydrogen) atoms. The van der Waals surface area contributed by atoms with Gasteiger partial charge >= 0.3 is 5.97 Å². The number of aliphatic carboxylic acids is 1. The van der Waals surface area contributed by atoms with Gasteiger partial charge in [-0.25, -0.2) is 0 Å². The number of rotatable bonds is 12. The average Bonchev–Trinajstić information content (AvgIpc) is 3.21. The molecule has 212 valence electrons. The van der Waals surface area contributed by atoms with Crippen LogP contribution in [0.3, 0.4) is 0 Å². The van der Waals surface area contributed by atoms with Crippen LogP contribution in [0.25, 0.3) is 6.08 Å². The number of thioether (sulfide) groups is 1. The van der Waals surface area contributed by atoms with E-state index in [1.165, 1.54) is 0 Å². The molecule has 0 radical (unpaired) electrons. The van der Waals surface area contributed by atoms with Crippen LogP contribution in [0, 0.1) is 0 Å². The van der Waals surface area contributed by atoms with Crippen molar-refractivity contribution >= 4 is 63.8 Å². The molecule has 0 aromatic heterocycles. The van der Waals surface area contributed by atoms with Crippen molar-refractivity contribution in [1.29, 1.82) is 0 Å². The van der Waals surface area contributed by atoms with Gasteiger partial charge in [-0.05, 0) is 84.9 Å². The Morgan fingerprint density at radius 3 is 2.44 bits per heavy atom. The zero-order valence-corrected chi connectivity index (χ0v) is 24.2. The third kappa shape index (κ3) is 8.23. The number of hydrogen-bond acceptors (Lipinski definition) is 8. The molecule has 0 atom stereocenters. The largest absolute Gasteiger partial charge is 0.490 e. The van der Waals surface area contributed by atoms with Gasteiger partial charge in [0, 0.05) is 10.6 Å². The number of halogens is 1. The first-order chi connectivity index (χ1) is 19.7. The number of thiocarbonyl (C=S) groups is 1. The van der Waals surface area contributed by atoms with Gasteiger partial charge in [0.1, 0.15) is 12.4 Å². The van der Waals surface area contributed by atoms with Crippen LogP contribution in [-0.2, 0) is 16.2 Å². The molecule has 3 aromatic rings. The summed E-state index contributed by atoms with van der Waals surface area (Å²) in [5, 5.41) is 10.5. The lowest BCUT2D eigenvalue weighted by molar-refractivity contribution is -0.137. The molecule has 12 heteroatoms. The van der Waals surface area contributed by atoms with Gasteiger partial charge in [-0.1, -0.05) is 41.6 Å². The standard InChI is InChI=1S/C29H25ClN2O7S2/c1-2-37-24-15-19(5-12-23(24)38-14-13-26(33)34)16-25-28(36)32(29(40)41-25)31-27(35)20-6-10-22(11-7-20)39-17-18-3-8-21(30)9-4-18/h3-12,15-16H,2,13-14,17H2,1H3,(H,31,35)(H,33,34)/b25-16+. The van der Waals surface area contributed by atoms with Crippen molar-refractivity contribution < 1.29 is 33.7 Å². The second kappa shape index (κ2) is 14.0. The third-order valence-corrected chi connectivity index (χ3v) is 7.14. The Morgan fingerprint density at radius 2 is 1.76 bits per heavy atom. The maximum atomic E-state index is 13.1. The second-order valence-corrected chi connectivity index (χ2v) is 10.6. The van der Waals surface area contributed by atoms with Gasteiger partial charge < -0.3 is 19.3 Å². The van der Waals surface area contributed by atoms with Crippen LogP contribution in [0.1, 0.15) is 34.8 Å². The number of ether oxygens (including phenoxy) is 3. The van der Waals surface area contributed by atoms with Crippen LogP contribution in [-0.4, -0.2) is 45.4 Å². The van der Waals surface area contributed by atoms with Crippen LogP contribution in [0.15, 0.2) is 71.6 Å². The molecule has 0 unspecified atom stereocenters. The smallest absolute Gasteiger partial charge is 0.306 e. The summed E-state index contributed by atoms with van der Waals surface area (Å²) in [7, 11) is 0. The Kier molecular flexibility index (Phi) is 10.2. The Hall–Kier alpha value is -4.06. The van der Waals surface area contributed by atoms with Gasteiger partial charge in [-0.3, -0.25) is 19.8 Å². The minimum Gasteiger partial charge on any atom is -0.490 e. The molecular weight excluding hydrogens is 588 g/mol. The van der Waals surface area contributed by atoms with Crippen LogP contribution in [0.5, 0.6) is 17.2 Å². The summed E-state index contributed by atoms with van der Waals surface area (Å²) >= 11 is 12.3. The van der Waals surface area contributed by atoms with E-state index in [-0.39, 0.29) is 17.3 Å². The predicted molar refractivity (Wildman–Crippen MR) is 160 cm³/mol. The van der Waals surface area contributed by atoms with E-state index in [0.717, 1.165) is 22.3 Å². The maximum Gasteiger partial charge on any atom is 0.306 e. The first-order valence-corrected chi connectivity index (χ1v) is 14.0. The average molecular weight is 613 g/mol. The fourth-order valence-electron chi connectivity index (χ4n) is 3.58. The van der Waals surface area contributed by atoms with Gasteiger partial charge in [0.2, 0.25) is 0 Å². The molecule has 0 saturated carbocycles. The van der Waals surface area contributed by atoms with Crippen LogP contribution >= 0.6 is 35.6 Å². The molecule has 2 N–H and O–H groups in total. The van der Waals surface area contributed by atoms with Gasteiger partial charge in [0.15, 0.2) is 15.8 Å². The Bertz CT molecular complexity index is 1480. The fourth-order valence-corrected chi connectivity index (χ4v) is 4.89. The van der Waals surface area contributed by atoms with Crippen LogP contribution in [0.4, 0.5) is 0 Å². The molecule has 0 spiro atoms. The first kappa shape index (κ1) is 29.9. The zero-order valence-electron chi connectivity index (χ0n) is 21.8. The number of nitrogens with zero attached hydrogens (tertiary/aromatic N) is 1. The van der Waals surface area contributed by atoms with Crippen molar-refractivity contribution in [3.63, 3.8) is 0 Å². The minimum atomic E-state index is -0.968. The summed E-state index contributed by atoms with van der Waals surface area (Å²) in [4.78, 5) is 37.0. The molecule has 4 rings (SSSR count). The molecule has 1 aliphatic heterocycles. The second-order valence-electron chi connectivity index (χ2n) is 8.53. The number of hydrazine groups is 1. The number of carbonyl (C=O) groups excluding carboxylic acids is 2. The fraction of sp³-hybridized carbons (Fsp3) is 0.172. The van der Waals surface area contributed by atoms with E-state index in [0.29, 0.717) is 51.5 Å². The molecule has 1 heterocycles. The summed E-state index contributed by atoms with van der Waals surface area (Å²) < 4.78 is 17.1. The Labute approximate surface area is 251 Å². The molecule has 2 amide bonds. The monoisotopic (exact) mass is 612 g/mol. The summed E-state index contributed by atoms with van der Waals surface area (Å²) in [5.74, 6) is -0.563. The number of benzene rings is 3. The highest BCUT2D eigenvalue weighted by Gasteiger charge is 2.34. The molecule has 3 aromatic carbocycles. The zero-order chi connectivity index (χ0) is 29.4. The summed E-state index contributed by atoms with van der Waals surface area (Å²) in [5.41, 5.74) is 4.47. The normalized spacial score (nSPS) is 13.8. The van der Waals surface area contributed by atoms with Crippen molar-refractivity contribution in [1.82, 2.24) is 10.4 Å². The van der Waals surface area contributed by atoms with Crippen LogP contribution < -0.4 is 19.6 Å². The number of carboxylic acid groups (broad SMARTS) is 1. The summed E-state index contributed by atoms with van der Waals surface area (Å²) in [6.45, 7) is 2.51. The van der Waals surface area contributed by atoms with E-state index < -0.39 is 17.8 Å². The topological polar surface area (TPSA) is 114 Å². The number of carboxylic acids is 1. The maximum absolute atomic E-state index is 13.1. The Morgan fingerprint density at radius 1 is 1.02 bits per heavy atom. The van der Waals surface area contributed by atoms with E-state index >= 15 is 0 Å². The number of hydrogen-bond donors (Lipinski definition) is 2. The van der Waals surface area contributed by atoms with Gasteiger partial charge in [0.05, 0.1) is 24.5 Å². The van der Waals surface area contributed by atoms with Crippen molar-refractivity contribution in [2.24, 2.45) is 0 Å². The predicted octanol–water partition coefficient (Wildman–Crippen LogP) is 5.72. The van der Waals surface area contributed by atoms with Gasteiger partial charge in [0.25, 0.3) is 11.8 Å². The molecule has 9 nitrogen and oxygen atoms in total. The van der Waals surface area contributed by atoms with E-state index in [1.54, 1.807) is 60.7 Å². The van der Waals surface area contributed by atoms with Gasteiger partial charge in [-0.15, -0.1) is 0 Å². The lowest BCUT2D eigenvalue weighted by atomic mass is 10.2. The highest BCUT2D eigenvalue weighted by molar-refractivity contribution is 8.26. The molecular formula is C29H25ClN2O7S2. The quantitative estimate of drug-likeness (QED) is 0.196. The minimum absolute atomic E-state index is 0.00767.